The molecule has 0 spiro atoms. The molecule has 176 valence electrons. The lowest BCUT2D eigenvalue weighted by atomic mass is 10.0. The molecule has 9 heteroatoms. The summed E-state index contributed by atoms with van der Waals surface area (Å²) < 4.78 is 19.3. The van der Waals surface area contributed by atoms with E-state index in [0.717, 1.165) is 43.0 Å². The van der Waals surface area contributed by atoms with E-state index in [1.165, 1.54) is 12.1 Å². The highest BCUT2D eigenvalue weighted by atomic mass is 19.1. The Hall–Kier alpha value is -3.46. The largest absolute Gasteiger partial charge is 0.489 e. The molecule has 2 aromatic rings. The van der Waals surface area contributed by atoms with Gasteiger partial charge in [-0.2, -0.15) is 0 Å². The van der Waals surface area contributed by atoms with Crippen LogP contribution in [0.15, 0.2) is 36.4 Å². The maximum Gasteiger partial charge on any atom is 0.255 e. The van der Waals surface area contributed by atoms with Gasteiger partial charge in [0.15, 0.2) is 0 Å². The zero-order valence-corrected chi connectivity index (χ0v) is 18.6. The second-order valence-electron chi connectivity index (χ2n) is 9.40. The molecule has 0 bridgehead atoms. The summed E-state index contributed by atoms with van der Waals surface area (Å²) in [6.45, 7) is 4.16. The first-order valence-electron chi connectivity index (χ1n) is 11.6. The monoisotopic (exact) mass is 464 g/mol. The molecule has 0 radical (unpaired) electrons. The van der Waals surface area contributed by atoms with Crippen LogP contribution in [0.2, 0.25) is 0 Å². The van der Waals surface area contributed by atoms with Gasteiger partial charge in [0.2, 0.25) is 11.8 Å². The van der Waals surface area contributed by atoms with Crippen LogP contribution < -0.4 is 15.0 Å². The standard InChI is InChI=1S/C25H25FN4O4/c26-17-3-1-15(2-4-17)11-28-7-8-29-18(13-28)14-34-22-10-19-16(9-21(22)29)12-30(25(19)33)20-5-6-23(31)27-24(20)32/h1-4,9-10,18,20H,5-8,11-14H2,(H,27,31,32)/t18-,20?/m0/s1. The molecule has 34 heavy (non-hydrogen) atoms. The topological polar surface area (TPSA) is 82.2 Å². The number of imide groups is 1. The zero-order chi connectivity index (χ0) is 23.4. The maximum atomic E-state index is 13.2. The summed E-state index contributed by atoms with van der Waals surface area (Å²) >= 11 is 0. The molecule has 4 heterocycles. The number of halogens is 1. The SMILES string of the molecule is O=C1CCC(N2Cc3cc4c(cc3C2=O)OC[C@@H]2CN(Cc3ccc(F)cc3)CCN42)C(=O)N1. The van der Waals surface area contributed by atoms with Crippen molar-refractivity contribution in [2.24, 2.45) is 0 Å². The molecular weight excluding hydrogens is 439 g/mol. The van der Waals surface area contributed by atoms with Crippen LogP contribution in [-0.2, 0) is 22.7 Å². The number of nitrogens with one attached hydrogen (secondary N) is 1. The van der Waals surface area contributed by atoms with E-state index in [1.807, 2.05) is 18.2 Å². The van der Waals surface area contributed by atoms with Crippen LogP contribution in [0.5, 0.6) is 5.75 Å². The third-order valence-electron chi connectivity index (χ3n) is 7.23. The molecule has 0 aliphatic carbocycles. The molecule has 2 atom stereocenters. The van der Waals surface area contributed by atoms with Crippen LogP contribution in [-0.4, -0.2) is 65.8 Å². The summed E-state index contributed by atoms with van der Waals surface area (Å²) in [7, 11) is 0. The van der Waals surface area contributed by atoms with E-state index in [1.54, 1.807) is 11.0 Å². The van der Waals surface area contributed by atoms with Crippen LogP contribution in [0, 0.1) is 5.82 Å². The number of carbonyl (C=O) groups is 3. The minimum Gasteiger partial charge on any atom is -0.489 e. The summed E-state index contributed by atoms with van der Waals surface area (Å²) in [4.78, 5) is 43.2. The number of hydrogen-bond donors (Lipinski definition) is 1. The highest BCUT2D eigenvalue weighted by Gasteiger charge is 2.41. The normalized spacial score (nSPS) is 24.3. The molecule has 2 fully saturated rings. The van der Waals surface area contributed by atoms with Gasteiger partial charge >= 0.3 is 0 Å². The van der Waals surface area contributed by atoms with Gasteiger partial charge < -0.3 is 14.5 Å². The molecule has 1 unspecified atom stereocenters. The fourth-order valence-corrected chi connectivity index (χ4v) is 5.48. The smallest absolute Gasteiger partial charge is 0.255 e. The fourth-order valence-electron chi connectivity index (χ4n) is 5.48. The molecular formula is C25H25FN4O4. The number of anilines is 1. The van der Waals surface area contributed by atoms with Gasteiger partial charge in [0.1, 0.15) is 24.2 Å². The number of benzene rings is 2. The zero-order valence-electron chi connectivity index (χ0n) is 18.6. The van der Waals surface area contributed by atoms with Crippen molar-refractivity contribution < 1.29 is 23.5 Å². The Morgan fingerprint density at radius 2 is 1.88 bits per heavy atom. The van der Waals surface area contributed by atoms with Gasteiger partial charge in [-0.3, -0.25) is 24.6 Å². The second-order valence-corrected chi connectivity index (χ2v) is 9.40. The average molecular weight is 464 g/mol. The Morgan fingerprint density at radius 3 is 2.68 bits per heavy atom. The van der Waals surface area contributed by atoms with Crippen molar-refractivity contribution >= 4 is 23.4 Å². The van der Waals surface area contributed by atoms with E-state index in [9.17, 15) is 18.8 Å². The van der Waals surface area contributed by atoms with Crippen LogP contribution in [0.3, 0.4) is 0 Å². The van der Waals surface area contributed by atoms with Crippen LogP contribution in [0.1, 0.15) is 34.3 Å². The molecule has 0 aromatic heterocycles. The van der Waals surface area contributed by atoms with Crippen molar-refractivity contribution in [3.8, 4) is 5.75 Å². The minimum atomic E-state index is -0.627. The van der Waals surface area contributed by atoms with Crippen LogP contribution >= 0.6 is 0 Å². The van der Waals surface area contributed by atoms with E-state index in [0.29, 0.717) is 30.9 Å². The first-order chi connectivity index (χ1) is 16.5. The fraction of sp³-hybridized carbons (Fsp3) is 0.400. The van der Waals surface area contributed by atoms with Gasteiger partial charge in [0.25, 0.3) is 5.91 Å². The van der Waals surface area contributed by atoms with E-state index in [2.05, 4.69) is 15.1 Å². The summed E-state index contributed by atoms with van der Waals surface area (Å²) in [5, 5.41) is 2.34. The Morgan fingerprint density at radius 1 is 1.06 bits per heavy atom. The Bertz CT molecular complexity index is 1180. The highest BCUT2D eigenvalue weighted by molar-refractivity contribution is 6.05. The molecule has 2 aromatic carbocycles. The van der Waals surface area contributed by atoms with Gasteiger partial charge in [0, 0.05) is 44.7 Å². The molecule has 2 saturated heterocycles. The lowest BCUT2D eigenvalue weighted by Gasteiger charge is -2.45. The Labute approximate surface area is 196 Å². The molecule has 3 amide bonds. The van der Waals surface area contributed by atoms with Crippen molar-refractivity contribution in [3.63, 3.8) is 0 Å². The quantitative estimate of drug-likeness (QED) is 0.696. The molecule has 0 saturated carbocycles. The molecule has 4 aliphatic heterocycles. The van der Waals surface area contributed by atoms with E-state index in [-0.39, 0.29) is 30.1 Å². The van der Waals surface area contributed by atoms with Crippen LogP contribution in [0.25, 0.3) is 0 Å². The number of amides is 3. The van der Waals surface area contributed by atoms with E-state index in [4.69, 9.17) is 4.74 Å². The van der Waals surface area contributed by atoms with E-state index < -0.39 is 11.9 Å². The van der Waals surface area contributed by atoms with E-state index >= 15 is 0 Å². The van der Waals surface area contributed by atoms with Crippen LogP contribution in [0.4, 0.5) is 10.1 Å². The van der Waals surface area contributed by atoms with Crippen molar-refractivity contribution in [2.45, 2.75) is 38.0 Å². The number of hydrogen-bond acceptors (Lipinski definition) is 6. The van der Waals surface area contributed by atoms with Gasteiger partial charge in [-0.25, -0.2) is 4.39 Å². The van der Waals surface area contributed by atoms with Gasteiger partial charge in [0.05, 0.1) is 11.7 Å². The predicted octanol–water partition coefficient (Wildman–Crippen LogP) is 1.67. The lowest BCUT2D eigenvalue weighted by Crippen LogP contribution is -2.56. The van der Waals surface area contributed by atoms with Crippen molar-refractivity contribution in [1.29, 1.82) is 0 Å². The number of piperidine rings is 1. The molecule has 4 aliphatic rings. The molecule has 6 rings (SSSR count). The van der Waals surface area contributed by atoms with Gasteiger partial charge in [-0.1, -0.05) is 12.1 Å². The third-order valence-corrected chi connectivity index (χ3v) is 7.23. The summed E-state index contributed by atoms with van der Waals surface area (Å²) in [6.07, 6.45) is 0.582. The molecule has 1 N–H and O–H groups in total. The summed E-state index contributed by atoms with van der Waals surface area (Å²) in [5.41, 5.74) is 3.51. The Kier molecular flexibility index (Phi) is 5.02. The van der Waals surface area contributed by atoms with Gasteiger partial charge in [-0.05, 0) is 41.8 Å². The number of carbonyl (C=O) groups excluding carboxylic acids is 3. The third kappa shape index (κ3) is 3.60. The summed E-state index contributed by atoms with van der Waals surface area (Å²) in [6, 6.07) is 10.0. The highest BCUT2D eigenvalue weighted by Crippen LogP contribution is 2.41. The van der Waals surface area contributed by atoms with Crippen molar-refractivity contribution in [3.05, 3.63) is 58.9 Å². The number of piperazine rings is 1. The second kappa shape index (κ2) is 8.09. The van der Waals surface area contributed by atoms with Crippen molar-refractivity contribution in [1.82, 2.24) is 15.1 Å². The lowest BCUT2D eigenvalue weighted by molar-refractivity contribution is -0.136. The van der Waals surface area contributed by atoms with Crippen molar-refractivity contribution in [2.75, 3.05) is 31.1 Å². The Balaban J connectivity index is 1.19. The van der Waals surface area contributed by atoms with Gasteiger partial charge in [-0.15, -0.1) is 0 Å². The first kappa shape index (κ1) is 21.1. The average Bonchev–Trinajstić information content (AvgIpc) is 3.14. The number of nitrogens with zero attached hydrogens (tertiary/aromatic N) is 3. The number of ether oxygens (including phenoxy) is 1. The predicted molar refractivity (Wildman–Crippen MR) is 121 cm³/mol. The number of rotatable bonds is 3. The minimum absolute atomic E-state index is 0.183. The maximum absolute atomic E-state index is 13.2. The first-order valence-corrected chi connectivity index (χ1v) is 11.6. The summed E-state index contributed by atoms with van der Waals surface area (Å²) in [5.74, 6) is -0.426. The number of fused-ring (bicyclic) bond motifs is 4. The molecule has 8 nitrogen and oxygen atoms in total.